The highest BCUT2D eigenvalue weighted by atomic mass is 16.5. The van der Waals surface area contributed by atoms with E-state index >= 15 is 0 Å². The molecule has 2 rings (SSSR count). The fraction of sp³-hybridized carbons (Fsp3) is 0.444. The summed E-state index contributed by atoms with van der Waals surface area (Å²) >= 11 is 0. The van der Waals surface area contributed by atoms with Gasteiger partial charge < -0.3 is 10.1 Å². The van der Waals surface area contributed by atoms with Gasteiger partial charge in [0.05, 0.1) is 13.2 Å². The number of ether oxygens (including phenoxy) is 1. The quantitative estimate of drug-likeness (QED) is 0.217. The molecule has 0 aliphatic rings. The van der Waals surface area contributed by atoms with Gasteiger partial charge in [-0.15, -0.1) is 0 Å². The molecule has 0 heterocycles. The van der Waals surface area contributed by atoms with Crippen LogP contribution >= 0.6 is 0 Å². The Morgan fingerprint density at radius 2 is 1.53 bits per heavy atom. The molecule has 0 saturated carbocycles. The molecule has 5 nitrogen and oxygen atoms in total. The Morgan fingerprint density at radius 3 is 2.16 bits per heavy atom. The average molecular weight is 435 g/mol. The highest BCUT2D eigenvalue weighted by Crippen LogP contribution is 2.14. The number of hydrogen-bond acceptors (Lipinski definition) is 3. The lowest BCUT2D eigenvalue weighted by atomic mass is 10.1. The predicted octanol–water partition coefficient (Wildman–Crippen LogP) is 6.26. The molecular weight excluding hydrogens is 400 g/mol. The smallest absolute Gasteiger partial charge is 0.328 e. The van der Waals surface area contributed by atoms with Crippen LogP contribution in [0.4, 0.5) is 5.69 Å². The fourth-order valence-electron chi connectivity index (χ4n) is 3.48. The van der Waals surface area contributed by atoms with Gasteiger partial charge in [0, 0.05) is 12.0 Å². The molecule has 0 fully saturated rings. The third-order valence-electron chi connectivity index (χ3n) is 5.37. The Hall–Kier alpha value is -3.13. The molecule has 1 atom stereocenters. The Labute approximate surface area is 192 Å². The molecule has 0 bridgehead atoms. The third kappa shape index (κ3) is 9.34. The molecule has 5 heteroatoms. The number of nitrogens with one attached hydrogen (secondary N) is 1. The molecule has 170 valence electrons. The summed E-state index contributed by atoms with van der Waals surface area (Å²) in [5.74, 6) is -0.769. The zero-order valence-corrected chi connectivity index (χ0v) is 19.0. The summed E-state index contributed by atoms with van der Waals surface area (Å²) in [6, 6.07) is 15.2. The zero-order valence-electron chi connectivity index (χ0n) is 19.0. The van der Waals surface area contributed by atoms with E-state index < -0.39 is 12.0 Å². The van der Waals surface area contributed by atoms with Crippen LogP contribution in [-0.4, -0.2) is 24.5 Å². The lowest BCUT2D eigenvalue weighted by molar-refractivity contribution is -0.146. The van der Waals surface area contributed by atoms with Crippen molar-refractivity contribution in [3.05, 3.63) is 77.1 Å². The van der Waals surface area contributed by atoms with Crippen molar-refractivity contribution in [2.45, 2.75) is 70.8 Å². The molecule has 0 saturated heterocycles. The Bertz CT molecular complexity index is 857. The van der Waals surface area contributed by atoms with Crippen molar-refractivity contribution in [2.75, 3.05) is 6.61 Å². The van der Waals surface area contributed by atoms with Crippen LogP contribution in [0.15, 0.2) is 54.6 Å². The van der Waals surface area contributed by atoms with Gasteiger partial charge >= 0.3 is 5.97 Å². The maximum Gasteiger partial charge on any atom is 0.328 e. The second-order valence-corrected chi connectivity index (χ2v) is 8.02. The Morgan fingerprint density at radius 1 is 0.906 bits per heavy atom. The van der Waals surface area contributed by atoms with Gasteiger partial charge in [0.1, 0.15) is 6.04 Å². The minimum absolute atomic E-state index is 0.355. The number of esters is 1. The van der Waals surface area contributed by atoms with E-state index in [1.807, 2.05) is 30.3 Å². The summed E-state index contributed by atoms with van der Waals surface area (Å²) in [5.41, 5.74) is 1.82. The number of carbonyl (C=O) groups excluding carboxylic acids is 2. The first-order chi connectivity index (χ1) is 15.6. The predicted molar refractivity (Wildman–Crippen MR) is 128 cm³/mol. The van der Waals surface area contributed by atoms with Crippen LogP contribution in [0.1, 0.15) is 74.2 Å². The summed E-state index contributed by atoms with van der Waals surface area (Å²) in [6.07, 6.45) is 9.76. The third-order valence-corrected chi connectivity index (χ3v) is 5.37. The molecule has 0 spiro atoms. The average Bonchev–Trinajstić information content (AvgIpc) is 2.83. The molecule has 0 aliphatic heterocycles. The normalized spacial score (nSPS) is 11.4. The van der Waals surface area contributed by atoms with E-state index in [2.05, 4.69) is 17.1 Å². The van der Waals surface area contributed by atoms with Gasteiger partial charge in [-0.2, -0.15) is 0 Å². The van der Waals surface area contributed by atoms with E-state index in [0.717, 1.165) is 24.8 Å². The van der Waals surface area contributed by atoms with Gasteiger partial charge in [0.2, 0.25) is 0 Å². The highest BCUT2D eigenvalue weighted by Gasteiger charge is 2.23. The van der Waals surface area contributed by atoms with Crippen LogP contribution < -0.4 is 5.32 Å². The van der Waals surface area contributed by atoms with Crippen molar-refractivity contribution in [3.63, 3.8) is 0 Å². The van der Waals surface area contributed by atoms with E-state index in [1.54, 1.807) is 24.3 Å². The van der Waals surface area contributed by atoms with E-state index in [4.69, 9.17) is 11.3 Å². The first-order valence-corrected chi connectivity index (χ1v) is 11.6. The molecule has 1 amide bonds. The Balaban J connectivity index is 1.86. The van der Waals surface area contributed by atoms with Crippen molar-refractivity contribution >= 4 is 17.6 Å². The van der Waals surface area contributed by atoms with Gasteiger partial charge in [-0.1, -0.05) is 106 Å². The number of carbonyl (C=O) groups is 2. The molecule has 0 unspecified atom stereocenters. The molecule has 0 radical (unpaired) electrons. The van der Waals surface area contributed by atoms with Crippen molar-refractivity contribution in [1.29, 1.82) is 0 Å². The number of unbranched alkanes of at least 4 members (excludes halogenated alkanes) is 7. The molecule has 2 aromatic carbocycles. The van der Waals surface area contributed by atoms with Crippen LogP contribution in [0.5, 0.6) is 0 Å². The van der Waals surface area contributed by atoms with Crippen LogP contribution in [0.3, 0.4) is 0 Å². The van der Waals surface area contributed by atoms with Crippen LogP contribution in [0.25, 0.3) is 4.85 Å². The number of rotatable bonds is 14. The van der Waals surface area contributed by atoms with Gasteiger partial charge in [-0.25, -0.2) is 9.64 Å². The molecule has 0 aromatic heterocycles. The molecular formula is C27H34N2O3. The van der Waals surface area contributed by atoms with Crippen molar-refractivity contribution < 1.29 is 14.3 Å². The van der Waals surface area contributed by atoms with Crippen molar-refractivity contribution in [1.82, 2.24) is 5.32 Å². The summed E-state index contributed by atoms with van der Waals surface area (Å²) < 4.78 is 5.50. The Kier molecular flexibility index (Phi) is 11.6. The number of amides is 1. The molecule has 2 aromatic rings. The molecule has 32 heavy (non-hydrogen) atoms. The first-order valence-electron chi connectivity index (χ1n) is 11.6. The maximum atomic E-state index is 12.7. The minimum atomic E-state index is -0.764. The van der Waals surface area contributed by atoms with Gasteiger partial charge in [-0.05, 0) is 12.0 Å². The topological polar surface area (TPSA) is 59.8 Å². The molecule has 1 N–H and O–H groups in total. The highest BCUT2D eigenvalue weighted by molar-refractivity contribution is 5.97. The van der Waals surface area contributed by atoms with Gasteiger partial charge in [0.25, 0.3) is 5.91 Å². The lowest BCUT2D eigenvalue weighted by Gasteiger charge is -2.18. The molecule has 0 aliphatic carbocycles. The SMILES string of the molecule is [C-]#[N+]c1ccc(C(=O)N[C@@H](Cc2ccccc2)C(=O)OCCCCCCCCCC)cc1. The summed E-state index contributed by atoms with van der Waals surface area (Å²) in [5, 5.41) is 2.81. The summed E-state index contributed by atoms with van der Waals surface area (Å²) in [4.78, 5) is 28.8. The van der Waals surface area contributed by atoms with Crippen LogP contribution in [-0.2, 0) is 16.0 Å². The van der Waals surface area contributed by atoms with Crippen LogP contribution in [0.2, 0.25) is 0 Å². The van der Waals surface area contributed by atoms with Gasteiger partial charge in [-0.3, -0.25) is 4.79 Å². The number of benzene rings is 2. The van der Waals surface area contributed by atoms with E-state index in [9.17, 15) is 9.59 Å². The summed E-state index contributed by atoms with van der Waals surface area (Å²) in [7, 11) is 0. The monoisotopic (exact) mass is 434 g/mol. The standard InChI is InChI=1S/C27H34N2O3/c1-3-4-5-6-7-8-9-13-20-32-27(31)25(21-22-14-11-10-12-15-22)29-26(30)23-16-18-24(28-2)19-17-23/h10-12,14-19,25H,3-9,13,20-21H2,1H3,(H,29,30)/t25-/m0/s1. The van der Waals surface area contributed by atoms with E-state index in [-0.39, 0.29) is 5.91 Å². The largest absolute Gasteiger partial charge is 0.464 e. The van der Waals surface area contributed by atoms with E-state index in [0.29, 0.717) is 24.3 Å². The second-order valence-electron chi connectivity index (χ2n) is 8.02. The van der Waals surface area contributed by atoms with Crippen LogP contribution in [0, 0.1) is 6.57 Å². The first kappa shape index (κ1) is 25.1. The van der Waals surface area contributed by atoms with Crippen molar-refractivity contribution in [2.24, 2.45) is 0 Å². The number of nitrogens with zero attached hydrogens (tertiary/aromatic N) is 1. The van der Waals surface area contributed by atoms with Gasteiger partial charge in [0.15, 0.2) is 5.69 Å². The van der Waals surface area contributed by atoms with Crippen molar-refractivity contribution in [3.8, 4) is 0 Å². The zero-order chi connectivity index (χ0) is 23.0. The fourth-order valence-corrected chi connectivity index (χ4v) is 3.48. The second kappa shape index (κ2) is 14.8. The number of hydrogen-bond donors (Lipinski definition) is 1. The van der Waals surface area contributed by atoms with E-state index in [1.165, 1.54) is 32.1 Å². The summed E-state index contributed by atoms with van der Waals surface area (Å²) in [6.45, 7) is 9.61. The maximum absolute atomic E-state index is 12.7. The lowest BCUT2D eigenvalue weighted by Crippen LogP contribution is -2.43. The minimum Gasteiger partial charge on any atom is -0.464 e.